The second-order valence-electron chi connectivity index (χ2n) is 5.99. The van der Waals surface area contributed by atoms with Crippen LogP contribution >= 0.6 is 0 Å². The Labute approximate surface area is 105 Å². The normalized spacial score (nSPS) is 31.7. The van der Waals surface area contributed by atoms with Crippen molar-refractivity contribution in [2.45, 2.75) is 57.8 Å². The Kier molecular flexibility index (Phi) is 3.22. The molecule has 0 nitrogen and oxygen atoms in total. The fraction of sp³-hybridized carbons (Fsp3) is 0.647. The van der Waals surface area contributed by atoms with Crippen molar-refractivity contribution in [1.82, 2.24) is 0 Å². The first-order chi connectivity index (χ1) is 8.40. The van der Waals surface area contributed by atoms with Gasteiger partial charge in [0.1, 0.15) is 0 Å². The van der Waals surface area contributed by atoms with Gasteiger partial charge in [0.15, 0.2) is 0 Å². The second-order valence-corrected chi connectivity index (χ2v) is 5.99. The van der Waals surface area contributed by atoms with Crippen LogP contribution < -0.4 is 0 Å². The van der Waals surface area contributed by atoms with E-state index >= 15 is 0 Å². The Balaban J connectivity index is 1.88. The molecule has 2 aliphatic rings. The molecule has 0 N–H and O–H groups in total. The molecule has 1 saturated carbocycles. The van der Waals surface area contributed by atoms with Gasteiger partial charge in [0.2, 0.25) is 0 Å². The Morgan fingerprint density at radius 3 is 2.88 bits per heavy atom. The third-order valence-electron chi connectivity index (χ3n) is 5.07. The Hall–Kier alpha value is -0.780. The Morgan fingerprint density at radius 1 is 1.12 bits per heavy atom. The molecule has 0 radical (unpaired) electrons. The molecule has 3 rings (SSSR count). The summed E-state index contributed by atoms with van der Waals surface area (Å²) < 4.78 is 0. The Morgan fingerprint density at radius 2 is 2.00 bits per heavy atom. The van der Waals surface area contributed by atoms with Crippen LogP contribution in [0.4, 0.5) is 0 Å². The first-order valence-electron chi connectivity index (χ1n) is 7.48. The number of hydrogen-bond donors (Lipinski definition) is 0. The molecule has 1 aromatic rings. The summed E-state index contributed by atoms with van der Waals surface area (Å²) in [5.41, 5.74) is 3.34. The summed E-state index contributed by atoms with van der Waals surface area (Å²) in [6, 6.07) is 9.21. The van der Waals surface area contributed by atoms with Crippen molar-refractivity contribution >= 4 is 0 Å². The topological polar surface area (TPSA) is 0 Å². The quantitative estimate of drug-likeness (QED) is 0.673. The van der Waals surface area contributed by atoms with E-state index in [4.69, 9.17) is 0 Å². The first kappa shape index (κ1) is 11.3. The van der Waals surface area contributed by atoms with Gasteiger partial charge in [0.05, 0.1) is 0 Å². The molecule has 1 fully saturated rings. The molecule has 0 amide bonds. The third-order valence-corrected chi connectivity index (χ3v) is 5.07. The molecule has 0 aliphatic heterocycles. The molecule has 0 saturated heterocycles. The highest BCUT2D eigenvalue weighted by atomic mass is 14.4. The zero-order valence-electron chi connectivity index (χ0n) is 11.0. The zero-order valence-corrected chi connectivity index (χ0v) is 11.0. The van der Waals surface area contributed by atoms with Crippen LogP contribution in [0, 0.1) is 11.8 Å². The van der Waals surface area contributed by atoms with Gasteiger partial charge in [0, 0.05) is 0 Å². The molecule has 17 heavy (non-hydrogen) atoms. The minimum Gasteiger partial charge on any atom is -0.0654 e. The van der Waals surface area contributed by atoms with Gasteiger partial charge in [0.25, 0.3) is 0 Å². The van der Waals surface area contributed by atoms with Crippen LogP contribution in [-0.4, -0.2) is 0 Å². The smallest absolute Gasteiger partial charge is 0.0128 e. The Bertz CT molecular complexity index is 377. The summed E-state index contributed by atoms with van der Waals surface area (Å²) in [5, 5.41) is 0. The first-order valence-corrected chi connectivity index (χ1v) is 7.48. The summed E-state index contributed by atoms with van der Waals surface area (Å²) >= 11 is 0. The molecule has 3 atom stereocenters. The van der Waals surface area contributed by atoms with Crippen molar-refractivity contribution in [2.75, 3.05) is 0 Å². The highest BCUT2D eigenvalue weighted by molar-refractivity contribution is 5.34. The van der Waals surface area contributed by atoms with Crippen molar-refractivity contribution in [1.29, 1.82) is 0 Å². The van der Waals surface area contributed by atoms with Crippen LogP contribution in [0.1, 0.15) is 62.5 Å². The number of aryl methyl sites for hydroxylation is 1. The van der Waals surface area contributed by atoms with E-state index < -0.39 is 0 Å². The summed E-state index contributed by atoms with van der Waals surface area (Å²) in [6.45, 7) is 2.35. The lowest BCUT2D eigenvalue weighted by atomic mass is 9.62. The minimum atomic E-state index is 0.894. The third kappa shape index (κ3) is 2.03. The van der Waals surface area contributed by atoms with Gasteiger partial charge in [-0.1, -0.05) is 56.9 Å². The van der Waals surface area contributed by atoms with Crippen LogP contribution in [-0.2, 0) is 6.42 Å². The molecule has 3 unspecified atom stereocenters. The predicted octanol–water partition coefficient (Wildman–Crippen LogP) is 4.93. The fourth-order valence-corrected chi connectivity index (χ4v) is 4.35. The van der Waals surface area contributed by atoms with E-state index in [0.29, 0.717) is 0 Å². The molecule has 0 bridgehead atoms. The number of benzene rings is 1. The van der Waals surface area contributed by atoms with Crippen LogP contribution in [0.5, 0.6) is 0 Å². The van der Waals surface area contributed by atoms with Gasteiger partial charge in [-0.05, 0) is 48.1 Å². The van der Waals surface area contributed by atoms with Gasteiger partial charge >= 0.3 is 0 Å². The van der Waals surface area contributed by atoms with Gasteiger partial charge < -0.3 is 0 Å². The van der Waals surface area contributed by atoms with Gasteiger partial charge in [-0.25, -0.2) is 0 Å². The standard InChI is InChI=1S/C17H24/c1-2-6-13-8-5-10-17-15-9-4-3-7-14(15)11-12-16(13)17/h3-4,7,9,13,16-17H,2,5-6,8,10-12H2,1H3. The van der Waals surface area contributed by atoms with Crippen LogP contribution in [0.15, 0.2) is 24.3 Å². The van der Waals surface area contributed by atoms with Gasteiger partial charge in [-0.15, -0.1) is 0 Å². The van der Waals surface area contributed by atoms with E-state index in [1.165, 1.54) is 44.9 Å². The van der Waals surface area contributed by atoms with Crippen LogP contribution in [0.3, 0.4) is 0 Å². The van der Waals surface area contributed by atoms with Gasteiger partial charge in [-0.3, -0.25) is 0 Å². The van der Waals surface area contributed by atoms with E-state index in [9.17, 15) is 0 Å². The van der Waals surface area contributed by atoms with E-state index in [1.54, 1.807) is 11.1 Å². The monoisotopic (exact) mass is 228 g/mol. The number of hydrogen-bond acceptors (Lipinski definition) is 0. The average molecular weight is 228 g/mol. The molecule has 2 aliphatic carbocycles. The maximum absolute atomic E-state index is 2.40. The minimum absolute atomic E-state index is 0.894. The lowest BCUT2D eigenvalue weighted by Gasteiger charge is -2.42. The van der Waals surface area contributed by atoms with Crippen molar-refractivity contribution < 1.29 is 0 Å². The van der Waals surface area contributed by atoms with E-state index in [2.05, 4.69) is 31.2 Å². The van der Waals surface area contributed by atoms with E-state index in [1.807, 2.05) is 0 Å². The maximum atomic E-state index is 2.40. The number of rotatable bonds is 2. The highest BCUT2D eigenvalue weighted by Crippen LogP contribution is 2.48. The van der Waals surface area contributed by atoms with Crippen molar-refractivity contribution in [2.24, 2.45) is 11.8 Å². The predicted molar refractivity (Wildman–Crippen MR) is 73.2 cm³/mol. The fourth-order valence-electron chi connectivity index (χ4n) is 4.35. The highest BCUT2D eigenvalue weighted by Gasteiger charge is 2.36. The molecule has 0 heterocycles. The summed E-state index contributed by atoms with van der Waals surface area (Å²) in [5.74, 6) is 2.91. The zero-order chi connectivity index (χ0) is 11.7. The molecular weight excluding hydrogens is 204 g/mol. The summed E-state index contributed by atoms with van der Waals surface area (Å²) in [6.07, 6.45) is 10.0. The lowest BCUT2D eigenvalue weighted by Crippen LogP contribution is -2.31. The average Bonchev–Trinajstić information content (AvgIpc) is 2.39. The molecule has 0 aromatic heterocycles. The van der Waals surface area contributed by atoms with E-state index in [0.717, 1.165) is 17.8 Å². The molecular formula is C17H24. The lowest BCUT2D eigenvalue weighted by molar-refractivity contribution is 0.170. The van der Waals surface area contributed by atoms with Crippen molar-refractivity contribution in [3.8, 4) is 0 Å². The van der Waals surface area contributed by atoms with Crippen molar-refractivity contribution in [3.05, 3.63) is 35.4 Å². The summed E-state index contributed by atoms with van der Waals surface area (Å²) in [7, 11) is 0. The largest absolute Gasteiger partial charge is 0.0654 e. The van der Waals surface area contributed by atoms with Crippen LogP contribution in [0.2, 0.25) is 0 Å². The maximum Gasteiger partial charge on any atom is -0.0128 e. The second kappa shape index (κ2) is 4.84. The SMILES string of the molecule is CCCC1CCCC2c3ccccc3CCC12. The molecule has 1 aromatic carbocycles. The molecule has 0 spiro atoms. The van der Waals surface area contributed by atoms with Gasteiger partial charge in [-0.2, -0.15) is 0 Å². The van der Waals surface area contributed by atoms with Crippen molar-refractivity contribution in [3.63, 3.8) is 0 Å². The summed E-state index contributed by atoms with van der Waals surface area (Å²) in [4.78, 5) is 0. The molecule has 92 valence electrons. The molecule has 0 heteroatoms. The van der Waals surface area contributed by atoms with Crippen LogP contribution in [0.25, 0.3) is 0 Å². The number of fused-ring (bicyclic) bond motifs is 3. The van der Waals surface area contributed by atoms with E-state index in [-0.39, 0.29) is 0 Å².